The molecule has 3 aromatic rings. The van der Waals surface area contributed by atoms with E-state index in [4.69, 9.17) is 0 Å². The number of aryl methyl sites for hydroxylation is 2. The number of aromatic nitrogens is 2. The summed E-state index contributed by atoms with van der Waals surface area (Å²) in [4.78, 5) is 30.7. The van der Waals surface area contributed by atoms with Crippen molar-refractivity contribution < 1.29 is 9.59 Å². The van der Waals surface area contributed by atoms with Gasteiger partial charge in [0.05, 0.1) is 12.1 Å². The molecule has 1 unspecified atom stereocenters. The van der Waals surface area contributed by atoms with Crippen LogP contribution in [0.15, 0.2) is 54.9 Å². The normalized spacial score (nSPS) is 18.4. The van der Waals surface area contributed by atoms with E-state index in [2.05, 4.69) is 46.5 Å². The number of unbranched alkanes of at least 4 members (excludes halogenated alkanes) is 1. The Hall–Kier alpha value is -3.45. The molecule has 5 rings (SSSR count). The van der Waals surface area contributed by atoms with Gasteiger partial charge in [-0.3, -0.25) is 14.3 Å². The van der Waals surface area contributed by atoms with Crippen molar-refractivity contribution in [3.63, 3.8) is 0 Å². The number of anilines is 1. The molecule has 7 nitrogen and oxygen atoms in total. The molecule has 2 aliphatic heterocycles. The lowest BCUT2D eigenvalue weighted by atomic mass is 9.88. The zero-order valence-electron chi connectivity index (χ0n) is 23.5. The first-order valence-electron chi connectivity index (χ1n) is 14.4. The third-order valence-corrected chi connectivity index (χ3v) is 8.42. The Morgan fingerprint density at radius 1 is 1.00 bits per heavy atom. The van der Waals surface area contributed by atoms with Crippen LogP contribution in [0.1, 0.15) is 66.4 Å². The molecule has 0 aliphatic carbocycles. The molecule has 1 atom stereocenters. The van der Waals surface area contributed by atoms with Crippen molar-refractivity contribution in [1.29, 1.82) is 0 Å². The predicted molar refractivity (Wildman–Crippen MR) is 156 cm³/mol. The maximum Gasteiger partial charge on any atom is 0.253 e. The summed E-state index contributed by atoms with van der Waals surface area (Å²) in [7, 11) is 1.93. The second-order valence-corrected chi connectivity index (χ2v) is 11.2. The van der Waals surface area contributed by atoms with E-state index in [0.717, 1.165) is 68.8 Å². The number of likely N-dealkylation sites (tertiary alicyclic amines) is 2. The third-order valence-electron chi connectivity index (χ3n) is 8.42. The van der Waals surface area contributed by atoms with Crippen LogP contribution in [0.5, 0.6) is 0 Å². The molecule has 2 fully saturated rings. The fraction of sp³-hybridized carbons (Fsp3) is 0.469. The number of hydrogen-bond acceptors (Lipinski definition) is 4. The fourth-order valence-corrected chi connectivity index (χ4v) is 5.87. The first-order chi connectivity index (χ1) is 18.9. The maximum atomic E-state index is 13.4. The molecule has 0 saturated carbocycles. The molecule has 1 aromatic heterocycles. The average molecular weight is 528 g/mol. The van der Waals surface area contributed by atoms with Gasteiger partial charge in [0.15, 0.2) is 0 Å². The van der Waals surface area contributed by atoms with Crippen LogP contribution in [0.3, 0.4) is 0 Å². The summed E-state index contributed by atoms with van der Waals surface area (Å²) in [5.74, 6) is 0.575. The van der Waals surface area contributed by atoms with E-state index in [9.17, 15) is 9.59 Å². The lowest BCUT2D eigenvalue weighted by Gasteiger charge is -2.32. The molecule has 39 heavy (non-hydrogen) atoms. The molecule has 0 bridgehead atoms. The number of carbonyl (C=O) groups is 2. The second kappa shape index (κ2) is 12.2. The number of amides is 2. The molecule has 206 valence electrons. The van der Waals surface area contributed by atoms with Crippen LogP contribution >= 0.6 is 0 Å². The summed E-state index contributed by atoms with van der Waals surface area (Å²) in [6.45, 7) is 8.53. The molecule has 7 heteroatoms. The summed E-state index contributed by atoms with van der Waals surface area (Å²) in [6.07, 6.45) is 9.05. The Morgan fingerprint density at radius 3 is 2.46 bits per heavy atom. The predicted octanol–water partition coefficient (Wildman–Crippen LogP) is 5.48. The molecule has 2 amide bonds. The summed E-state index contributed by atoms with van der Waals surface area (Å²) < 4.78 is 1.82. The zero-order chi connectivity index (χ0) is 27.4. The highest BCUT2D eigenvalue weighted by Gasteiger charge is 2.29. The van der Waals surface area contributed by atoms with E-state index in [0.29, 0.717) is 11.5 Å². The van der Waals surface area contributed by atoms with Crippen LogP contribution < -0.4 is 5.32 Å². The molecule has 2 aromatic carbocycles. The van der Waals surface area contributed by atoms with Crippen molar-refractivity contribution in [3.8, 4) is 11.1 Å². The van der Waals surface area contributed by atoms with Gasteiger partial charge in [-0.1, -0.05) is 43.7 Å². The highest BCUT2D eigenvalue weighted by Crippen LogP contribution is 2.31. The standard InChI is InChI=1S/C32H41N5O2/c1-4-5-15-36-16-12-28(22-36)31(38)34-30-19-27(7-6-23(30)2)32(39)37-17-13-26(14-18-37)24-8-10-25(11-9-24)29-20-33-35(3)21-29/h6-11,19-21,26,28H,4-5,12-18,22H2,1-3H3,(H,34,38). The molecule has 1 N–H and O–H groups in total. The number of nitrogens with zero attached hydrogens (tertiary/aromatic N) is 4. The number of rotatable bonds is 8. The largest absolute Gasteiger partial charge is 0.339 e. The first-order valence-corrected chi connectivity index (χ1v) is 14.4. The number of carbonyl (C=O) groups excluding carboxylic acids is 2. The minimum absolute atomic E-state index is 0.0121. The summed E-state index contributed by atoms with van der Waals surface area (Å²) >= 11 is 0. The van der Waals surface area contributed by atoms with Crippen LogP contribution in [-0.2, 0) is 11.8 Å². The van der Waals surface area contributed by atoms with Crippen LogP contribution in [0.2, 0.25) is 0 Å². The van der Waals surface area contributed by atoms with Crippen LogP contribution in [0.4, 0.5) is 5.69 Å². The van der Waals surface area contributed by atoms with Crippen LogP contribution in [0.25, 0.3) is 11.1 Å². The molecular formula is C32H41N5O2. The monoisotopic (exact) mass is 527 g/mol. The Morgan fingerprint density at radius 2 is 1.77 bits per heavy atom. The van der Waals surface area contributed by atoms with Crippen molar-refractivity contribution >= 4 is 17.5 Å². The van der Waals surface area contributed by atoms with Gasteiger partial charge in [-0.15, -0.1) is 0 Å². The average Bonchev–Trinajstić information content (AvgIpc) is 3.62. The lowest BCUT2D eigenvalue weighted by molar-refractivity contribution is -0.119. The highest BCUT2D eigenvalue weighted by molar-refractivity contribution is 5.98. The fourth-order valence-electron chi connectivity index (χ4n) is 5.87. The molecule has 0 spiro atoms. The number of nitrogens with one attached hydrogen (secondary N) is 1. The van der Waals surface area contributed by atoms with Crippen LogP contribution in [-0.4, -0.2) is 64.1 Å². The molecular weight excluding hydrogens is 486 g/mol. The SMILES string of the molecule is CCCCN1CCC(C(=O)Nc2cc(C(=O)N3CCC(c4ccc(-c5cnn(C)c5)cc4)CC3)ccc2C)C1. The van der Waals surface area contributed by atoms with Gasteiger partial charge in [-0.2, -0.15) is 5.10 Å². The molecule has 2 aliphatic rings. The topological polar surface area (TPSA) is 70.5 Å². The summed E-state index contributed by atoms with van der Waals surface area (Å²) in [5, 5.41) is 7.40. The second-order valence-electron chi connectivity index (χ2n) is 11.2. The quantitative estimate of drug-likeness (QED) is 0.421. The smallest absolute Gasteiger partial charge is 0.253 e. The number of hydrogen-bond donors (Lipinski definition) is 1. The van der Waals surface area contributed by atoms with Gasteiger partial charge in [0.25, 0.3) is 5.91 Å². The first kappa shape index (κ1) is 27.1. The van der Waals surface area contributed by atoms with Gasteiger partial charge < -0.3 is 15.1 Å². The third kappa shape index (κ3) is 6.41. The van der Waals surface area contributed by atoms with Gasteiger partial charge in [0.2, 0.25) is 5.91 Å². The number of benzene rings is 2. The van der Waals surface area contributed by atoms with Crippen LogP contribution in [0, 0.1) is 12.8 Å². The minimum atomic E-state index is 0.0121. The number of piperidine rings is 1. The van der Waals surface area contributed by atoms with E-state index in [1.165, 1.54) is 24.0 Å². The summed E-state index contributed by atoms with van der Waals surface area (Å²) in [5.41, 5.74) is 6.00. The van der Waals surface area contributed by atoms with E-state index >= 15 is 0 Å². The highest BCUT2D eigenvalue weighted by atomic mass is 16.2. The Labute approximate surface area is 232 Å². The van der Waals surface area contributed by atoms with Gasteiger partial charge in [-0.25, -0.2) is 0 Å². The zero-order valence-corrected chi connectivity index (χ0v) is 23.5. The lowest BCUT2D eigenvalue weighted by Crippen LogP contribution is -2.38. The van der Waals surface area contributed by atoms with Crippen molar-refractivity contribution in [2.45, 2.75) is 51.9 Å². The molecule has 0 radical (unpaired) electrons. The van der Waals surface area contributed by atoms with Crippen molar-refractivity contribution in [2.75, 3.05) is 38.0 Å². The Balaban J connectivity index is 1.16. The van der Waals surface area contributed by atoms with E-state index in [1.54, 1.807) is 0 Å². The van der Waals surface area contributed by atoms with Crippen molar-refractivity contribution in [3.05, 3.63) is 71.5 Å². The maximum absolute atomic E-state index is 13.4. The van der Waals surface area contributed by atoms with Gasteiger partial charge in [0, 0.05) is 49.7 Å². The van der Waals surface area contributed by atoms with E-state index in [1.807, 2.05) is 54.1 Å². The van der Waals surface area contributed by atoms with Gasteiger partial charge in [-0.05, 0) is 80.4 Å². The molecule has 2 saturated heterocycles. The Bertz CT molecular complexity index is 1290. The minimum Gasteiger partial charge on any atom is -0.339 e. The van der Waals surface area contributed by atoms with Gasteiger partial charge >= 0.3 is 0 Å². The van der Waals surface area contributed by atoms with Crippen molar-refractivity contribution in [2.24, 2.45) is 13.0 Å². The van der Waals surface area contributed by atoms with Crippen molar-refractivity contribution in [1.82, 2.24) is 19.6 Å². The van der Waals surface area contributed by atoms with E-state index in [-0.39, 0.29) is 17.7 Å². The Kier molecular flexibility index (Phi) is 8.46. The van der Waals surface area contributed by atoms with E-state index < -0.39 is 0 Å². The summed E-state index contributed by atoms with van der Waals surface area (Å²) in [6, 6.07) is 14.5. The van der Waals surface area contributed by atoms with Gasteiger partial charge in [0.1, 0.15) is 0 Å². The molecule has 3 heterocycles.